The zero-order valence-electron chi connectivity index (χ0n) is 23.4. The highest BCUT2D eigenvalue weighted by atomic mass is 28.5. The monoisotopic (exact) mass is 554 g/mol. The van der Waals surface area contributed by atoms with E-state index in [1.165, 1.54) is 10.6 Å². The van der Waals surface area contributed by atoms with Crippen molar-refractivity contribution in [1.82, 2.24) is 9.55 Å². The van der Waals surface area contributed by atoms with Crippen molar-refractivity contribution in [3.05, 3.63) is 32.6 Å². The van der Waals surface area contributed by atoms with Crippen molar-refractivity contribution in [1.29, 1.82) is 0 Å². The van der Waals surface area contributed by atoms with Crippen LogP contribution in [0.4, 0.5) is 0 Å². The molecule has 4 rings (SSSR count). The summed E-state index contributed by atoms with van der Waals surface area (Å²) in [4.78, 5) is 40.8. The number of hydrogen-bond donors (Lipinski definition) is 1. The minimum absolute atomic E-state index is 0.0902. The van der Waals surface area contributed by atoms with Crippen LogP contribution in [-0.4, -0.2) is 58.1 Å². The number of ether oxygens (including phenoxy) is 2. The van der Waals surface area contributed by atoms with Gasteiger partial charge in [-0.15, -0.1) is 0 Å². The van der Waals surface area contributed by atoms with Gasteiger partial charge in [-0.3, -0.25) is 19.1 Å². The highest BCUT2D eigenvalue weighted by molar-refractivity contribution is 6.84. The zero-order chi connectivity index (χ0) is 27.4. The van der Waals surface area contributed by atoms with E-state index in [9.17, 15) is 14.4 Å². The summed E-state index contributed by atoms with van der Waals surface area (Å²) in [5.74, 6) is -1.94. The molecule has 0 bridgehead atoms. The first-order valence-electron chi connectivity index (χ1n) is 13.5. The molecule has 2 saturated heterocycles. The molecule has 4 heterocycles. The van der Waals surface area contributed by atoms with Gasteiger partial charge < -0.3 is 22.4 Å². The molecule has 3 aliphatic heterocycles. The van der Waals surface area contributed by atoms with Crippen LogP contribution in [0.15, 0.2) is 15.7 Å². The maximum absolute atomic E-state index is 13.3. The number of aromatic nitrogens is 2. The molecule has 5 atom stereocenters. The number of aromatic amines is 1. The predicted octanol–water partition coefficient (Wildman–Crippen LogP) is 3.67. The summed E-state index contributed by atoms with van der Waals surface area (Å²) >= 11 is 0. The van der Waals surface area contributed by atoms with Crippen LogP contribution in [-0.2, 0) is 27.2 Å². The lowest BCUT2D eigenvalue weighted by Gasteiger charge is -2.51. The Labute approximate surface area is 220 Å². The molecular formula is C25H42N2O8Si2. The van der Waals surface area contributed by atoms with Gasteiger partial charge in [-0.2, -0.15) is 0 Å². The number of esters is 1. The Kier molecular flexibility index (Phi) is 7.83. The van der Waals surface area contributed by atoms with Gasteiger partial charge in [-0.25, -0.2) is 4.79 Å². The van der Waals surface area contributed by atoms with Crippen LogP contribution in [0.1, 0.15) is 80.2 Å². The summed E-state index contributed by atoms with van der Waals surface area (Å²) in [5.41, 5.74) is -0.343. The number of carbonyl (C=O) groups excluding carboxylic acids is 1. The lowest BCUT2D eigenvalue weighted by molar-refractivity contribution is -0.147. The van der Waals surface area contributed by atoms with Crippen molar-refractivity contribution in [3.63, 3.8) is 0 Å². The molecule has 0 spiro atoms. The third kappa shape index (κ3) is 4.43. The highest BCUT2D eigenvalue weighted by Crippen LogP contribution is 2.54. The van der Waals surface area contributed by atoms with Gasteiger partial charge in [0.05, 0.1) is 25.2 Å². The quantitative estimate of drug-likeness (QED) is 0.418. The largest absolute Gasteiger partial charge is 0.465 e. The van der Waals surface area contributed by atoms with E-state index < -0.39 is 64.6 Å². The molecule has 10 nitrogen and oxygen atoms in total. The molecule has 0 aliphatic carbocycles. The average Bonchev–Trinajstić information content (AvgIpc) is 3.26. The molecule has 0 aromatic carbocycles. The Hall–Kier alpha value is -1.58. The fourth-order valence-corrected chi connectivity index (χ4v) is 17.7. The summed E-state index contributed by atoms with van der Waals surface area (Å²) in [7, 11) is -5.76. The molecule has 0 saturated carbocycles. The van der Waals surface area contributed by atoms with E-state index in [1.54, 1.807) is 6.92 Å². The first-order chi connectivity index (χ1) is 17.3. The van der Waals surface area contributed by atoms with E-state index in [-0.39, 0.29) is 35.4 Å². The number of nitrogens with zero attached hydrogens (tertiary/aromatic N) is 1. The van der Waals surface area contributed by atoms with Crippen LogP contribution < -0.4 is 11.2 Å². The van der Waals surface area contributed by atoms with Gasteiger partial charge in [0, 0.05) is 11.8 Å². The molecule has 1 unspecified atom stereocenters. The summed E-state index contributed by atoms with van der Waals surface area (Å²) in [6.45, 7) is 19.3. The number of carbonyl (C=O) groups is 1. The van der Waals surface area contributed by atoms with E-state index >= 15 is 0 Å². The minimum atomic E-state index is -2.99. The molecule has 12 heteroatoms. The van der Waals surface area contributed by atoms with Gasteiger partial charge in [0.1, 0.15) is 18.2 Å². The van der Waals surface area contributed by atoms with Crippen molar-refractivity contribution < 1.29 is 27.2 Å². The minimum Gasteiger partial charge on any atom is -0.465 e. The number of rotatable bonds is 6. The standard InChI is InChI=1S/C25H42N2O8Si2/c1-10-31-24(29)20-17-11-19(28)26-25(30)27(17)23-21(20)22-18(33-23)12-32-36(13(2)3,14(4)5)35-37(34-22,15(6)7)16(8)9/h11,13-16,18,20-23H,10,12H2,1-9H3,(H,26,28,30)/t18-,20?,21+,22-,23-/m1/s1. The Morgan fingerprint density at radius 1 is 1.05 bits per heavy atom. The normalized spacial score (nSPS) is 30.2. The van der Waals surface area contributed by atoms with Gasteiger partial charge in [0.25, 0.3) is 5.56 Å². The van der Waals surface area contributed by atoms with Crippen molar-refractivity contribution in [2.24, 2.45) is 5.92 Å². The average molecular weight is 555 g/mol. The van der Waals surface area contributed by atoms with Crippen LogP contribution in [0.25, 0.3) is 0 Å². The van der Waals surface area contributed by atoms with Gasteiger partial charge in [-0.05, 0) is 29.1 Å². The number of hydrogen-bond acceptors (Lipinski definition) is 8. The van der Waals surface area contributed by atoms with E-state index in [0.717, 1.165) is 0 Å². The third-order valence-corrected chi connectivity index (χ3v) is 18.5. The van der Waals surface area contributed by atoms with Crippen LogP contribution >= 0.6 is 0 Å². The summed E-state index contributed by atoms with van der Waals surface area (Å²) in [5, 5.41) is 0. The Bertz CT molecular complexity index is 1110. The topological polar surface area (TPSA) is 118 Å². The van der Waals surface area contributed by atoms with Gasteiger partial charge >= 0.3 is 28.8 Å². The highest BCUT2D eigenvalue weighted by Gasteiger charge is 2.65. The Morgan fingerprint density at radius 3 is 2.19 bits per heavy atom. The number of nitrogens with one attached hydrogen (secondary N) is 1. The number of fused-ring (bicyclic) bond motifs is 5. The van der Waals surface area contributed by atoms with Crippen LogP contribution in [0, 0.1) is 5.92 Å². The van der Waals surface area contributed by atoms with Crippen molar-refractivity contribution in [2.45, 2.75) is 109 Å². The molecule has 3 aliphatic rings. The molecular weight excluding hydrogens is 512 g/mol. The lowest BCUT2D eigenvalue weighted by Crippen LogP contribution is -2.65. The second-order valence-corrected chi connectivity index (χ2v) is 20.5. The van der Waals surface area contributed by atoms with Crippen molar-refractivity contribution in [2.75, 3.05) is 13.2 Å². The summed E-state index contributed by atoms with van der Waals surface area (Å²) < 4.78 is 34.6. The van der Waals surface area contributed by atoms with E-state index in [0.29, 0.717) is 5.69 Å². The molecule has 1 N–H and O–H groups in total. The maximum atomic E-state index is 13.3. The maximum Gasteiger partial charge on any atom is 0.335 e. The second kappa shape index (κ2) is 10.2. The molecule has 2 fully saturated rings. The van der Waals surface area contributed by atoms with Crippen LogP contribution in [0.2, 0.25) is 22.2 Å². The lowest BCUT2D eigenvalue weighted by atomic mass is 9.87. The first-order valence-corrected chi connectivity index (χ1v) is 17.4. The second-order valence-electron chi connectivity index (χ2n) is 11.7. The SMILES string of the molecule is CCOC(=O)C1c2cc(=O)[nH]c(=O)n2[C@@H]2O[C@@H]3CO[Si](C(C)C)(C(C)C)O[Si](C(C)C)(C(C)C)O[C@H]3[C@H]12. The molecule has 208 valence electrons. The summed E-state index contributed by atoms with van der Waals surface area (Å²) in [6, 6.07) is 1.29. The Morgan fingerprint density at radius 2 is 1.65 bits per heavy atom. The van der Waals surface area contributed by atoms with E-state index in [2.05, 4.69) is 60.4 Å². The predicted molar refractivity (Wildman–Crippen MR) is 142 cm³/mol. The fraction of sp³-hybridized carbons (Fsp3) is 0.800. The smallest absolute Gasteiger partial charge is 0.335 e. The third-order valence-electron chi connectivity index (χ3n) is 8.23. The van der Waals surface area contributed by atoms with Crippen LogP contribution in [0.3, 0.4) is 0 Å². The molecule has 1 aromatic rings. The van der Waals surface area contributed by atoms with Gasteiger partial charge in [-0.1, -0.05) is 55.4 Å². The van der Waals surface area contributed by atoms with E-state index in [4.69, 9.17) is 22.4 Å². The zero-order valence-corrected chi connectivity index (χ0v) is 25.4. The molecule has 37 heavy (non-hydrogen) atoms. The fourth-order valence-electron chi connectivity index (χ4n) is 6.50. The van der Waals surface area contributed by atoms with Crippen molar-refractivity contribution >= 4 is 23.1 Å². The van der Waals surface area contributed by atoms with Gasteiger partial charge in [0.2, 0.25) is 0 Å². The molecule has 1 aromatic heterocycles. The first kappa shape index (κ1) is 28.4. The molecule has 0 radical (unpaired) electrons. The number of H-pyrrole nitrogens is 1. The Balaban J connectivity index is 1.88. The van der Waals surface area contributed by atoms with E-state index in [1.807, 2.05) is 0 Å². The van der Waals surface area contributed by atoms with Crippen LogP contribution in [0.5, 0.6) is 0 Å². The van der Waals surface area contributed by atoms with Crippen molar-refractivity contribution in [3.8, 4) is 0 Å². The molecule has 0 amide bonds. The summed E-state index contributed by atoms with van der Waals surface area (Å²) in [6.07, 6.45) is -1.86. The van der Waals surface area contributed by atoms with Gasteiger partial charge in [0.15, 0.2) is 0 Å².